The molecule has 22 heavy (non-hydrogen) atoms. The summed E-state index contributed by atoms with van der Waals surface area (Å²) in [4.78, 5) is 12.3. The Morgan fingerprint density at radius 3 is 2.64 bits per heavy atom. The van der Waals surface area contributed by atoms with Crippen LogP contribution in [0.3, 0.4) is 0 Å². The van der Waals surface area contributed by atoms with E-state index in [0.717, 1.165) is 28.0 Å². The first-order valence-corrected chi connectivity index (χ1v) is 7.55. The van der Waals surface area contributed by atoms with Gasteiger partial charge in [0.1, 0.15) is 5.75 Å². The van der Waals surface area contributed by atoms with Crippen LogP contribution in [-0.2, 0) is 0 Å². The van der Waals surface area contributed by atoms with Crippen molar-refractivity contribution in [2.24, 2.45) is 0 Å². The van der Waals surface area contributed by atoms with E-state index >= 15 is 0 Å². The number of nitrogens with one attached hydrogen (secondary N) is 1. The van der Waals surface area contributed by atoms with Gasteiger partial charge in [-0.25, -0.2) is 0 Å². The predicted octanol–water partition coefficient (Wildman–Crippen LogP) is 4.23. The van der Waals surface area contributed by atoms with E-state index in [1.54, 1.807) is 0 Å². The van der Waals surface area contributed by atoms with Crippen molar-refractivity contribution in [2.45, 2.75) is 26.3 Å². The summed E-state index contributed by atoms with van der Waals surface area (Å²) in [5, 5.41) is 17.0. The number of aromatic hydroxyl groups is 1. The molecular formula is C19H19NO2. The lowest BCUT2D eigenvalue weighted by Crippen LogP contribution is -2.31. The zero-order chi connectivity index (χ0) is 15.7. The maximum atomic E-state index is 12.3. The number of carbonyl (C=O) groups is 1. The van der Waals surface area contributed by atoms with Gasteiger partial charge in [0.15, 0.2) is 0 Å². The van der Waals surface area contributed by atoms with Crippen LogP contribution in [-0.4, -0.2) is 17.1 Å². The minimum atomic E-state index is -0.153. The first-order chi connectivity index (χ1) is 10.6. The molecule has 0 spiro atoms. The molecule has 3 nitrogen and oxygen atoms in total. The summed E-state index contributed by atoms with van der Waals surface area (Å²) in [6.07, 6.45) is 0.869. The van der Waals surface area contributed by atoms with Crippen molar-refractivity contribution in [2.75, 3.05) is 0 Å². The summed E-state index contributed by atoms with van der Waals surface area (Å²) in [5.41, 5.74) is 0.488. The highest BCUT2D eigenvalue weighted by Crippen LogP contribution is 2.32. The molecule has 0 aliphatic carbocycles. The average molecular weight is 293 g/mol. The largest absolute Gasteiger partial charge is 0.507 e. The van der Waals surface area contributed by atoms with Crippen LogP contribution in [0.2, 0.25) is 0 Å². The Balaban J connectivity index is 2.17. The quantitative estimate of drug-likeness (QED) is 0.710. The van der Waals surface area contributed by atoms with Crippen LogP contribution < -0.4 is 5.32 Å². The smallest absolute Gasteiger partial charge is 0.251 e. The first-order valence-electron chi connectivity index (χ1n) is 7.55. The molecule has 3 heteroatoms. The normalized spacial score (nSPS) is 12.5. The molecule has 3 aromatic rings. The molecule has 1 unspecified atom stereocenters. The number of rotatable bonds is 3. The molecule has 0 radical (unpaired) electrons. The Hall–Kier alpha value is -2.55. The van der Waals surface area contributed by atoms with Crippen molar-refractivity contribution < 1.29 is 9.90 Å². The second kappa shape index (κ2) is 5.68. The van der Waals surface area contributed by atoms with Crippen molar-refractivity contribution in [1.29, 1.82) is 0 Å². The van der Waals surface area contributed by atoms with Crippen molar-refractivity contribution in [1.82, 2.24) is 5.32 Å². The number of benzene rings is 3. The lowest BCUT2D eigenvalue weighted by atomic mass is 9.99. The molecule has 1 atom stereocenters. The Morgan fingerprint density at radius 1 is 1.09 bits per heavy atom. The van der Waals surface area contributed by atoms with E-state index in [0.29, 0.717) is 5.56 Å². The molecule has 0 aliphatic rings. The fourth-order valence-corrected chi connectivity index (χ4v) is 2.64. The van der Waals surface area contributed by atoms with Gasteiger partial charge < -0.3 is 10.4 Å². The van der Waals surface area contributed by atoms with Crippen LogP contribution in [0.1, 0.15) is 30.6 Å². The minimum Gasteiger partial charge on any atom is -0.507 e. The van der Waals surface area contributed by atoms with E-state index in [1.165, 1.54) is 6.07 Å². The zero-order valence-corrected chi connectivity index (χ0v) is 12.8. The van der Waals surface area contributed by atoms with Gasteiger partial charge in [-0.15, -0.1) is 0 Å². The maximum Gasteiger partial charge on any atom is 0.251 e. The summed E-state index contributed by atoms with van der Waals surface area (Å²) in [6, 6.07) is 15.4. The summed E-state index contributed by atoms with van der Waals surface area (Å²) in [7, 11) is 0. The number of carbonyl (C=O) groups excluding carboxylic acids is 1. The molecule has 0 heterocycles. The third kappa shape index (κ3) is 2.50. The Kier molecular flexibility index (Phi) is 3.72. The van der Waals surface area contributed by atoms with Gasteiger partial charge in [-0.05, 0) is 41.6 Å². The minimum absolute atomic E-state index is 0.109. The zero-order valence-electron chi connectivity index (χ0n) is 12.8. The van der Waals surface area contributed by atoms with E-state index < -0.39 is 0 Å². The van der Waals surface area contributed by atoms with E-state index in [1.807, 2.05) is 56.3 Å². The molecular weight excluding hydrogens is 274 g/mol. The molecule has 0 fully saturated rings. The van der Waals surface area contributed by atoms with Crippen LogP contribution >= 0.6 is 0 Å². The second-order valence-corrected chi connectivity index (χ2v) is 5.66. The van der Waals surface area contributed by atoms with Crippen LogP contribution in [0.25, 0.3) is 21.5 Å². The van der Waals surface area contributed by atoms with E-state index in [-0.39, 0.29) is 17.7 Å². The first kappa shape index (κ1) is 14.4. The number of phenols is 1. The lowest BCUT2D eigenvalue weighted by Gasteiger charge is -2.13. The fourth-order valence-electron chi connectivity index (χ4n) is 2.64. The molecule has 0 bridgehead atoms. The van der Waals surface area contributed by atoms with Crippen molar-refractivity contribution in [3.63, 3.8) is 0 Å². The van der Waals surface area contributed by atoms with E-state index in [9.17, 15) is 9.90 Å². The van der Waals surface area contributed by atoms with Gasteiger partial charge in [0.2, 0.25) is 0 Å². The fraction of sp³-hybridized carbons (Fsp3) is 0.211. The number of fused-ring (bicyclic) bond motifs is 3. The molecule has 3 aromatic carbocycles. The van der Waals surface area contributed by atoms with Crippen LogP contribution in [0.15, 0.2) is 48.5 Å². The summed E-state index contributed by atoms with van der Waals surface area (Å²) in [6.45, 7) is 3.99. The number of amides is 1. The number of hydrogen-bond acceptors (Lipinski definition) is 2. The van der Waals surface area contributed by atoms with Gasteiger partial charge in [-0.1, -0.05) is 43.3 Å². The molecule has 0 aromatic heterocycles. The summed E-state index contributed by atoms with van der Waals surface area (Å²) in [5.74, 6) is -0.0166. The predicted molar refractivity (Wildman–Crippen MR) is 90.3 cm³/mol. The molecule has 0 aliphatic heterocycles. The average Bonchev–Trinajstić information content (AvgIpc) is 2.54. The van der Waals surface area contributed by atoms with Crippen LogP contribution in [0.5, 0.6) is 5.75 Å². The topological polar surface area (TPSA) is 49.3 Å². The standard InChI is InChI=1S/C19H19NO2/c1-3-12(2)20-19(22)14-10-17-15-7-5-4-6-13(15)8-9-16(17)18(21)11-14/h4-12,21H,3H2,1-2H3,(H,20,22). The summed E-state index contributed by atoms with van der Waals surface area (Å²) >= 11 is 0. The van der Waals surface area contributed by atoms with Crippen molar-refractivity contribution in [3.05, 3.63) is 54.1 Å². The highest BCUT2D eigenvalue weighted by Gasteiger charge is 2.13. The van der Waals surface area contributed by atoms with Crippen LogP contribution in [0.4, 0.5) is 0 Å². The molecule has 112 valence electrons. The molecule has 2 N–H and O–H groups in total. The van der Waals surface area contributed by atoms with Gasteiger partial charge in [0.25, 0.3) is 5.91 Å². The SMILES string of the molecule is CCC(C)NC(=O)c1cc(O)c2ccc3ccccc3c2c1. The maximum absolute atomic E-state index is 12.3. The second-order valence-electron chi connectivity index (χ2n) is 5.66. The molecule has 0 saturated carbocycles. The van der Waals surface area contributed by atoms with Crippen LogP contribution in [0, 0.1) is 0 Å². The Labute approximate surface area is 129 Å². The van der Waals surface area contributed by atoms with Gasteiger partial charge in [-0.2, -0.15) is 0 Å². The third-order valence-electron chi connectivity index (χ3n) is 4.09. The Bertz CT molecular complexity index is 855. The highest BCUT2D eigenvalue weighted by molar-refractivity contribution is 6.12. The monoisotopic (exact) mass is 293 g/mol. The van der Waals surface area contributed by atoms with Crippen molar-refractivity contribution >= 4 is 27.5 Å². The lowest BCUT2D eigenvalue weighted by molar-refractivity contribution is 0.0939. The van der Waals surface area contributed by atoms with Gasteiger partial charge in [0.05, 0.1) is 0 Å². The van der Waals surface area contributed by atoms with E-state index in [2.05, 4.69) is 5.32 Å². The van der Waals surface area contributed by atoms with Gasteiger partial charge in [-0.3, -0.25) is 4.79 Å². The summed E-state index contributed by atoms with van der Waals surface area (Å²) < 4.78 is 0. The van der Waals surface area contributed by atoms with Gasteiger partial charge in [0, 0.05) is 17.0 Å². The molecule has 1 amide bonds. The number of phenolic OH excluding ortho intramolecular Hbond substituents is 1. The highest BCUT2D eigenvalue weighted by atomic mass is 16.3. The molecule has 0 saturated heterocycles. The number of hydrogen-bond donors (Lipinski definition) is 2. The molecule has 3 rings (SSSR count). The Morgan fingerprint density at radius 2 is 1.86 bits per heavy atom. The third-order valence-corrected chi connectivity index (χ3v) is 4.09. The van der Waals surface area contributed by atoms with Gasteiger partial charge >= 0.3 is 0 Å². The van der Waals surface area contributed by atoms with E-state index in [4.69, 9.17) is 0 Å². The van der Waals surface area contributed by atoms with Crippen molar-refractivity contribution in [3.8, 4) is 5.75 Å².